The van der Waals surface area contributed by atoms with Gasteiger partial charge in [0.25, 0.3) is 0 Å². The lowest BCUT2D eigenvalue weighted by molar-refractivity contribution is -0.0324. The van der Waals surface area contributed by atoms with E-state index in [0.29, 0.717) is 0 Å². The van der Waals surface area contributed by atoms with Gasteiger partial charge in [-0.3, -0.25) is 0 Å². The number of aliphatic hydroxyl groups is 3. The summed E-state index contributed by atoms with van der Waals surface area (Å²) in [7, 11) is 0. The van der Waals surface area contributed by atoms with Crippen molar-refractivity contribution >= 4 is 0 Å². The molecular weight excluding hydrogens is 156 g/mol. The maximum atomic E-state index is 9.33. The van der Waals surface area contributed by atoms with E-state index >= 15 is 0 Å². The Kier molecular flexibility index (Phi) is 4.75. The average Bonchev–Trinajstić information content (AvgIpc) is 1.85. The molecule has 0 aliphatic heterocycles. The van der Waals surface area contributed by atoms with Gasteiger partial charge in [0, 0.05) is 5.92 Å². The lowest BCUT2D eigenvalue weighted by Crippen LogP contribution is -2.37. The minimum absolute atomic E-state index is 0.0926. The topological polar surface area (TPSA) is 60.7 Å². The molecule has 0 radical (unpaired) electrons. The SMILES string of the molecule is CC(O)C(C)C(C(C)O)C(C)O. The van der Waals surface area contributed by atoms with E-state index in [4.69, 9.17) is 0 Å². The van der Waals surface area contributed by atoms with Crippen molar-refractivity contribution in [3.05, 3.63) is 0 Å². The summed E-state index contributed by atoms with van der Waals surface area (Å²) in [5, 5.41) is 27.9. The zero-order chi connectivity index (χ0) is 9.89. The monoisotopic (exact) mass is 176 g/mol. The molecule has 0 heterocycles. The van der Waals surface area contributed by atoms with Crippen LogP contribution < -0.4 is 0 Å². The van der Waals surface area contributed by atoms with Crippen LogP contribution in [0.1, 0.15) is 27.7 Å². The molecule has 0 saturated carbocycles. The minimum Gasteiger partial charge on any atom is -0.393 e. The standard InChI is InChI=1S/C9H20O3/c1-5(6(2)10)9(7(3)11)8(4)12/h5-12H,1-4H3. The van der Waals surface area contributed by atoms with Gasteiger partial charge in [-0.2, -0.15) is 0 Å². The molecule has 3 nitrogen and oxygen atoms in total. The third-order valence-electron chi connectivity index (χ3n) is 2.48. The predicted octanol–water partition coefficient (Wildman–Crippen LogP) is 0.381. The highest BCUT2D eigenvalue weighted by molar-refractivity contribution is 4.78. The Bertz CT molecular complexity index is 113. The molecule has 0 aromatic rings. The fraction of sp³-hybridized carbons (Fsp3) is 1.00. The molecular formula is C9H20O3. The van der Waals surface area contributed by atoms with E-state index in [0.717, 1.165) is 0 Å². The first-order valence-corrected chi connectivity index (χ1v) is 4.42. The summed E-state index contributed by atoms with van der Waals surface area (Å²) in [4.78, 5) is 0. The molecule has 0 rings (SSSR count). The second-order valence-electron chi connectivity index (χ2n) is 3.66. The smallest absolute Gasteiger partial charge is 0.0568 e. The van der Waals surface area contributed by atoms with Crippen LogP contribution in [0.5, 0.6) is 0 Å². The molecule has 0 bridgehead atoms. The first-order chi connectivity index (χ1) is 5.37. The molecule has 74 valence electrons. The molecule has 0 aromatic carbocycles. The van der Waals surface area contributed by atoms with Crippen molar-refractivity contribution in [3.8, 4) is 0 Å². The summed E-state index contributed by atoms with van der Waals surface area (Å²) in [6, 6.07) is 0. The summed E-state index contributed by atoms with van der Waals surface area (Å²) in [5.74, 6) is -0.352. The summed E-state index contributed by atoms with van der Waals surface area (Å²) in [6.45, 7) is 6.77. The van der Waals surface area contributed by atoms with E-state index in [2.05, 4.69) is 0 Å². The van der Waals surface area contributed by atoms with Crippen LogP contribution in [0, 0.1) is 11.8 Å². The Morgan fingerprint density at radius 2 is 1.00 bits per heavy atom. The van der Waals surface area contributed by atoms with Crippen molar-refractivity contribution in [2.75, 3.05) is 0 Å². The van der Waals surface area contributed by atoms with Gasteiger partial charge in [0.1, 0.15) is 0 Å². The molecule has 4 unspecified atom stereocenters. The van der Waals surface area contributed by atoms with Crippen LogP contribution in [0.4, 0.5) is 0 Å². The first-order valence-electron chi connectivity index (χ1n) is 4.42. The van der Waals surface area contributed by atoms with Gasteiger partial charge in [0.15, 0.2) is 0 Å². The Hall–Kier alpha value is -0.120. The number of aliphatic hydroxyl groups excluding tert-OH is 3. The van der Waals surface area contributed by atoms with Crippen LogP contribution in [-0.2, 0) is 0 Å². The van der Waals surface area contributed by atoms with Crippen LogP contribution in [0.2, 0.25) is 0 Å². The molecule has 0 saturated heterocycles. The van der Waals surface area contributed by atoms with Crippen LogP contribution in [0.3, 0.4) is 0 Å². The quantitative estimate of drug-likeness (QED) is 0.580. The van der Waals surface area contributed by atoms with Crippen LogP contribution in [0.25, 0.3) is 0 Å². The van der Waals surface area contributed by atoms with Crippen molar-refractivity contribution < 1.29 is 15.3 Å². The molecule has 0 spiro atoms. The summed E-state index contributed by atoms with van der Waals surface area (Å²) in [5.41, 5.74) is 0. The third-order valence-corrected chi connectivity index (χ3v) is 2.48. The highest BCUT2D eigenvalue weighted by Gasteiger charge is 2.29. The maximum Gasteiger partial charge on any atom is 0.0568 e. The van der Waals surface area contributed by atoms with Gasteiger partial charge in [-0.05, 0) is 26.7 Å². The average molecular weight is 176 g/mol. The van der Waals surface area contributed by atoms with Gasteiger partial charge < -0.3 is 15.3 Å². The van der Waals surface area contributed by atoms with Gasteiger partial charge in [-0.15, -0.1) is 0 Å². The van der Waals surface area contributed by atoms with Gasteiger partial charge >= 0.3 is 0 Å². The molecule has 3 N–H and O–H groups in total. The Morgan fingerprint density at radius 3 is 1.08 bits per heavy atom. The fourth-order valence-corrected chi connectivity index (χ4v) is 1.60. The second-order valence-corrected chi connectivity index (χ2v) is 3.66. The summed E-state index contributed by atoms with van der Waals surface area (Å²) >= 11 is 0. The molecule has 0 fully saturated rings. The molecule has 4 atom stereocenters. The molecule has 0 aliphatic rings. The molecule has 3 heteroatoms. The third kappa shape index (κ3) is 3.09. The Morgan fingerprint density at radius 1 is 0.667 bits per heavy atom. The zero-order valence-corrected chi connectivity index (χ0v) is 8.23. The van der Waals surface area contributed by atoms with Crippen LogP contribution in [-0.4, -0.2) is 33.6 Å². The Balaban J connectivity index is 4.30. The van der Waals surface area contributed by atoms with E-state index in [1.54, 1.807) is 20.8 Å². The van der Waals surface area contributed by atoms with E-state index in [1.807, 2.05) is 6.92 Å². The second kappa shape index (κ2) is 4.80. The van der Waals surface area contributed by atoms with Crippen molar-refractivity contribution in [1.82, 2.24) is 0 Å². The molecule has 0 aliphatic carbocycles. The molecule has 12 heavy (non-hydrogen) atoms. The van der Waals surface area contributed by atoms with E-state index in [-0.39, 0.29) is 11.8 Å². The Labute approximate surface area is 74.0 Å². The summed E-state index contributed by atoms with van der Waals surface area (Å²) in [6.07, 6.45) is -1.68. The maximum absolute atomic E-state index is 9.33. The fourth-order valence-electron chi connectivity index (χ4n) is 1.60. The van der Waals surface area contributed by atoms with E-state index < -0.39 is 18.3 Å². The number of hydrogen-bond acceptors (Lipinski definition) is 3. The first kappa shape index (κ1) is 11.9. The van der Waals surface area contributed by atoms with Gasteiger partial charge in [-0.1, -0.05) is 6.92 Å². The van der Waals surface area contributed by atoms with Crippen molar-refractivity contribution in [1.29, 1.82) is 0 Å². The van der Waals surface area contributed by atoms with Crippen molar-refractivity contribution in [2.24, 2.45) is 11.8 Å². The lowest BCUT2D eigenvalue weighted by Gasteiger charge is -2.30. The highest BCUT2D eigenvalue weighted by Crippen LogP contribution is 2.22. The van der Waals surface area contributed by atoms with Gasteiger partial charge in [0.2, 0.25) is 0 Å². The van der Waals surface area contributed by atoms with Crippen LogP contribution in [0.15, 0.2) is 0 Å². The van der Waals surface area contributed by atoms with E-state index in [1.165, 1.54) is 0 Å². The number of hydrogen-bond donors (Lipinski definition) is 3. The van der Waals surface area contributed by atoms with Crippen molar-refractivity contribution in [2.45, 2.75) is 46.0 Å². The van der Waals surface area contributed by atoms with E-state index in [9.17, 15) is 15.3 Å². The highest BCUT2D eigenvalue weighted by atomic mass is 16.3. The molecule has 0 amide bonds. The van der Waals surface area contributed by atoms with Crippen LogP contribution >= 0.6 is 0 Å². The lowest BCUT2D eigenvalue weighted by atomic mass is 9.82. The minimum atomic E-state index is -0.588. The predicted molar refractivity (Wildman–Crippen MR) is 47.7 cm³/mol. The number of rotatable bonds is 4. The normalized spacial score (nSPS) is 24.2. The van der Waals surface area contributed by atoms with Gasteiger partial charge in [-0.25, -0.2) is 0 Å². The summed E-state index contributed by atoms with van der Waals surface area (Å²) < 4.78 is 0. The van der Waals surface area contributed by atoms with Crippen molar-refractivity contribution in [3.63, 3.8) is 0 Å². The largest absolute Gasteiger partial charge is 0.393 e. The van der Waals surface area contributed by atoms with Gasteiger partial charge in [0.05, 0.1) is 18.3 Å². The zero-order valence-electron chi connectivity index (χ0n) is 8.23. The molecule has 0 aromatic heterocycles.